The number of amides is 2. The number of aliphatic hydroxyl groups is 1. The SMILES string of the molecule is C=CCCC[C@H](Cc1ccccc1)C(=O)OC[C@H](NC(=O)[C@H](CC=C)CC(=O)N[C@@H](CO)Cc1ccccc1)c1ccccc1. The molecular formula is C38H46N2O5. The molecule has 0 heterocycles. The topological polar surface area (TPSA) is 105 Å². The summed E-state index contributed by atoms with van der Waals surface area (Å²) in [6, 6.07) is 27.7. The van der Waals surface area contributed by atoms with Crippen LogP contribution in [0.5, 0.6) is 0 Å². The molecule has 0 saturated heterocycles. The zero-order valence-electron chi connectivity index (χ0n) is 26.0. The zero-order chi connectivity index (χ0) is 32.3. The van der Waals surface area contributed by atoms with Crippen molar-refractivity contribution >= 4 is 17.8 Å². The number of hydrogen-bond donors (Lipinski definition) is 3. The number of ether oxygens (including phenoxy) is 1. The highest BCUT2D eigenvalue weighted by atomic mass is 16.5. The van der Waals surface area contributed by atoms with Crippen LogP contribution in [0.25, 0.3) is 0 Å². The second kappa shape index (κ2) is 19.7. The molecule has 3 aromatic carbocycles. The van der Waals surface area contributed by atoms with Gasteiger partial charge in [0.15, 0.2) is 0 Å². The highest BCUT2D eigenvalue weighted by Crippen LogP contribution is 2.21. The minimum absolute atomic E-state index is 0.0436. The molecule has 3 aromatic rings. The third kappa shape index (κ3) is 12.6. The Balaban J connectivity index is 1.67. The molecule has 3 rings (SSSR count). The van der Waals surface area contributed by atoms with Gasteiger partial charge in [-0.1, -0.05) is 103 Å². The van der Waals surface area contributed by atoms with E-state index in [0.717, 1.165) is 29.5 Å². The maximum absolute atomic E-state index is 13.6. The van der Waals surface area contributed by atoms with Gasteiger partial charge in [0.05, 0.1) is 30.5 Å². The predicted octanol–water partition coefficient (Wildman–Crippen LogP) is 5.90. The van der Waals surface area contributed by atoms with Gasteiger partial charge in [-0.15, -0.1) is 13.2 Å². The predicted molar refractivity (Wildman–Crippen MR) is 178 cm³/mol. The van der Waals surface area contributed by atoms with Gasteiger partial charge in [-0.2, -0.15) is 0 Å². The van der Waals surface area contributed by atoms with Crippen LogP contribution >= 0.6 is 0 Å². The lowest BCUT2D eigenvalue weighted by atomic mass is 9.94. The Morgan fingerprint density at radius 1 is 0.778 bits per heavy atom. The van der Waals surface area contributed by atoms with Crippen LogP contribution in [0.1, 0.15) is 54.8 Å². The molecule has 2 amide bonds. The second-order valence-electron chi connectivity index (χ2n) is 11.3. The number of nitrogens with one attached hydrogen (secondary N) is 2. The third-order valence-electron chi connectivity index (χ3n) is 7.69. The van der Waals surface area contributed by atoms with E-state index < -0.39 is 18.0 Å². The van der Waals surface area contributed by atoms with Crippen molar-refractivity contribution in [2.45, 2.75) is 57.0 Å². The number of esters is 1. The molecular weight excluding hydrogens is 564 g/mol. The summed E-state index contributed by atoms with van der Waals surface area (Å²) >= 11 is 0. The summed E-state index contributed by atoms with van der Waals surface area (Å²) in [5, 5.41) is 15.7. The molecule has 7 heteroatoms. The number of allylic oxidation sites excluding steroid dienone is 2. The van der Waals surface area contributed by atoms with Crippen LogP contribution in [0.3, 0.4) is 0 Å². The molecule has 0 aliphatic rings. The highest BCUT2D eigenvalue weighted by Gasteiger charge is 2.27. The number of unbranched alkanes of at least 4 members (excludes halogenated alkanes) is 1. The second-order valence-corrected chi connectivity index (χ2v) is 11.3. The van der Waals surface area contributed by atoms with E-state index in [1.54, 1.807) is 6.08 Å². The standard InChI is InChI=1S/C38H46N2O5/c1-3-5-9-23-33(24-29-17-10-6-11-18-29)38(44)45-28-35(31-21-14-8-15-22-31)40-37(43)32(16-4-2)26-36(42)39-34(27-41)25-30-19-12-7-13-20-30/h3-4,6-8,10-15,17-22,32-35,41H,1-2,5,9,16,23-28H2,(H,39,42)(H,40,43)/t32-,33-,34-,35+/m1/s1. The number of carbonyl (C=O) groups is 3. The molecule has 0 spiro atoms. The number of carbonyl (C=O) groups excluding carboxylic acids is 3. The molecule has 0 aliphatic carbocycles. The van der Waals surface area contributed by atoms with Gasteiger partial charge >= 0.3 is 5.97 Å². The van der Waals surface area contributed by atoms with Gasteiger partial charge in [0.25, 0.3) is 0 Å². The van der Waals surface area contributed by atoms with Crippen LogP contribution in [0.15, 0.2) is 116 Å². The summed E-state index contributed by atoms with van der Waals surface area (Å²) in [6.45, 7) is 7.30. The summed E-state index contributed by atoms with van der Waals surface area (Å²) in [4.78, 5) is 39.9. The molecule has 0 aromatic heterocycles. The molecule has 45 heavy (non-hydrogen) atoms. The monoisotopic (exact) mass is 610 g/mol. The average Bonchev–Trinajstić information content (AvgIpc) is 3.06. The first-order valence-electron chi connectivity index (χ1n) is 15.6. The molecule has 0 unspecified atom stereocenters. The van der Waals surface area contributed by atoms with Crippen LogP contribution in [-0.4, -0.2) is 42.1 Å². The van der Waals surface area contributed by atoms with E-state index in [-0.39, 0.29) is 49.8 Å². The van der Waals surface area contributed by atoms with Crippen molar-refractivity contribution in [2.24, 2.45) is 11.8 Å². The molecule has 0 fully saturated rings. The third-order valence-corrected chi connectivity index (χ3v) is 7.69. The first-order valence-corrected chi connectivity index (χ1v) is 15.6. The van der Waals surface area contributed by atoms with E-state index in [1.807, 2.05) is 97.1 Å². The largest absolute Gasteiger partial charge is 0.463 e. The zero-order valence-corrected chi connectivity index (χ0v) is 26.0. The fourth-order valence-corrected chi connectivity index (χ4v) is 5.24. The molecule has 3 N–H and O–H groups in total. The van der Waals surface area contributed by atoms with Crippen LogP contribution < -0.4 is 10.6 Å². The maximum atomic E-state index is 13.6. The van der Waals surface area contributed by atoms with Gasteiger partial charge in [0.1, 0.15) is 6.61 Å². The maximum Gasteiger partial charge on any atom is 0.309 e. The van der Waals surface area contributed by atoms with Crippen LogP contribution in [-0.2, 0) is 32.0 Å². The Morgan fingerprint density at radius 3 is 1.96 bits per heavy atom. The molecule has 0 aliphatic heterocycles. The van der Waals surface area contributed by atoms with Crippen LogP contribution in [0.4, 0.5) is 0 Å². The molecule has 7 nitrogen and oxygen atoms in total. The number of benzene rings is 3. The van der Waals surface area contributed by atoms with Gasteiger partial charge in [-0.3, -0.25) is 14.4 Å². The fourth-order valence-electron chi connectivity index (χ4n) is 5.24. The van der Waals surface area contributed by atoms with Crippen molar-refractivity contribution in [3.63, 3.8) is 0 Å². The van der Waals surface area contributed by atoms with E-state index in [0.29, 0.717) is 19.3 Å². The first kappa shape index (κ1) is 35.0. The lowest BCUT2D eigenvalue weighted by molar-refractivity contribution is -0.150. The van der Waals surface area contributed by atoms with E-state index >= 15 is 0 Å². The number of rotatable bonds is 20. The van der Waals surface area contributed by atoms with Crippen molar-refractivity contribution in [3.8, 4) is 0 Å². The van der Waals surface area contributed by atoms with Crippen LogP contribution in [0.2, 0.25) is 0 Å². The number of aliphatic hydroxyl groups excluding tert-OH is 1. The smallest absolute Gasteiger partial charge is 0.309 e. The summed E-state index contributed by atoms with van der Waals surface area (Å²) in [5.41, 5.74) is 2.84. The molecule has 4 atom stereocenters. The Labute approximate surface area is 267 Å². The molecule has 238 valence electrons. The van der Waals surface area contributed by atoms with Gasteiger partial charge in [-0.05, 0) is 55.2 Å². The molecule has 0 saturated carbocycles. The summed E-state index contributed by atoms with van der Waals surface area (Å²) in [7, 11) is 0. The van der Waals surface area contributed by atoms with E-state index in [2.05, 4.69) is 23.8 Å². The minimum Gasteiger partial charge on any atom is -0.463 e. The Hall–Kier alpha value is -4.49. The van der Waals surface area contributed by atoms with E-state index in [9.17, 15) is 19.5 Å². The van der Waals surface area contributed by atoms with E-state index in [4.69, 9.17) is 4.74 Å². The van der Waals surface area contributed by atoms with Gasteiger partial charge in [-0.25, -0.2) is 0 Å². The van der Waals surface area contributed by atoms with Crippen molar-refractivity contribution in [1.82, 2.24) is 10.6 Å². The lowest BCUT2D eigenvalue weighted by Crippen LogP contribution is -2.42. The Morgan fingerprint density at radius 2 is 1.38 bits per heavy atom. The first-order chi connectivity index (χ1) is 21.9. The van der Waals surface area contributed by atoms with Crippen LogP contribution in [0, 0.1) is 11.8 Å². The van der Waals surface area contributed by atoms with Crippen molar-refractivity contribution in [3.05, 3.63) is 133 Å². The van der Waals surface area contributed by atoms with Crippen molar-refractivity contribution < 1.29 is 24.2 Å². The van der Waals surface area contributed by atoms with E-state index in [1.165, 1.54) is 0 Å². The summed E-state index contributed by atoms with van der Waals surface area (Å²) < 4.78 is 5.86. The van der Waals surface area contributed by atoms with Gasteiger partial charge in [0.2, 0.25) is 11.8 Å². The van der Waals surface area contributed by atoms with Gasteiger partial charge in [0, 0.05) is 6.42 Å². The van der Waals surface area contributed by atoms with Gasteiger partial charge < -0.3 is 20.5 Å². The summed E-state index contributed by atoms with van der Waals surface area (Å²) in [6.07, 6.45) is 7.00. The van der Waals surface area contributed by atoms with Crippen molar-refractivity contribution in [1.29, 1.82) is 0 Å². The normalized spacial score (nSPS) is 13.4. The fraction of sp³-hybridized carbons (Fsp3) is 0.342. The Bertz CT molecular complexity index is 1330. The average molecular weight is 611 g/mol. The highest BCUT2D eigenvalue weighted by molar-refractivity contribution is 5.86. The summed E-state index contributed by atoms with van der Waals surface area (Å²) in [5.74, 6) is -2.01. The van der Waals surface area contributed by atoms with Crippen molar-refractivity contribution in [2.75, 3.05) is 13.2 Å². The minimum atomic E-state index is -0.690. The lowest BCUT2D eigenvalue weighted by Gasteiger charge is -2.24. The molecule has 0 bridgehead atoms. The quantitative estimate of drug-likeness (QED) is 0.0839. The number of hydrogen-bond acceptors (Lipinski definition) is 5. The molecule has 0 radical (unpaired) electrons. The Kier molecular flexibility index (Phi) is 15.3.